The highest BCUT2D eigenvalue weighted by Gasteiger charge is 2.27. The van der Waals surface area contributed by atoms with Crippen molar-refractivity contribution in [2.75, 3.05) is 30.8 Å². The van der Waals surface area contributed by atoms with Gasteiger partial charge in [-0.05, 0) is 49.1 Å². The van der Waals surface area contributed by atoms with Gasteiger partial charge < -0.3 is 15.0 Å². The summed E-state index contributed by atoms with van der Waals surface area (Å²) in [6.07, 6.45) is 1.51. The van der Waals surface area contributed by atoms with Gasteiger partial charge in [0.05, 0.1) is 19.1 Å². The number of carbonyl (C=O) groups excluding carboxylic acids is 2. The third-order valence-corrected chi connectivity index (χ3v) is 7.27. The molecular weight excluding hydrogens is 546 g/mol. The highest BCUT2D eigenvalue weighted by Crippen LogP contribution is 2.24. The Morgan fingerprint density at radius 1 is 1.08 bits per heavy atom. The summed E-state index contributed by atoms with van der Waals surface area (Å²) in [5, 5.41) is 2.90. The lowest BCUT2D eigenvalue weighted by Gasteiger charge is -2.29. The Kier molecular flexibility index (Phi) is 11.2. The van der Waals surface area contributed by atoms with Crippen molar-refractivity contribution in [3.05, 3.63) is 58.6 Å². The van der Waals surface area contributed by atoms with Crippen molar-refractivity contribution in [2.45, 2.75) is 46.2 Å². The summed E-state index contributed by atoms with van der Waals surface area (Å²) in [5.41, 5.74) is 1.35. The maximum atomic E-state index is 13.3. The lowest BCUT2D eigenvalue weighted by atomic mass is 10.1. The van der Waals surface area contributed by atoms with Crippen LogP contribution in [0.1, 0.15) is 39.2 Å². The molecule has 0 saturated carbocycles. The van der Waals surface area contributed by atoms with Crippen molar-refractivity contribution in [1.29, 1.82) is 0 Å². The van der Waals surface area contributed by atoms with Crippen LogP contribution in [0.4, 0.5) is 5.69 Å². The quantitative estimate of drug-likeness (QED) is 0.382. The summed E-state index contributed by atoms with van der Waals surface area (Å²) < 4.78 is 32.3. The molecule has 0 heterocycles. The van der Waals surface area contributed by atoms with Gasteiger partial charge in [0.1, 0.15) is 11.8 Å². The first-order valence-electron chi connectivity index (χ1n) is 11.9. The van der Waals surface area contributed by atoms with E-state index in [1.807, 2.05) is 38.1 Å². The number of nitrogens with one attached hydrogen (secondary N) is 1. The number of carbonyl (C=O) groups is 2. The number of anilines is 1. The van der Waals surface area contributed by atoms with E-state index in [4.69, 9.17) is 4.74 Å². The molecule has 0 aliphatic carbocycles. The van der Waals surface area contributed by atoms with Crippen LogP contribution >= 0.6 is 15.9 Å². The zero-order valence-electron chi connectivity index (χ0n) is 21.5. The summed E-state index contributed by atoms with van der Waals surface area (Å²) in [6.45, 7) is 6.63. The van der Waals surface area contributed by atoms with Gasteiger partial charge in [-0.15, -0.1) is 0 Å². The lowest BCUT2D eigenvalue weighted by molar-refractivity contribution is -0.140. The number of benzene rings is 2. The predicted molar refractivity (Wildman–Crippen MR) is 146 cm³/mol. The maximum absolute atomic E-state index is 13.3. The minimum Gasteiger partial charge on any atom is -0.497 e. The van der Waals surface area contributed by atoms with E-state index in [0.29, 0.717) is 24.4 Å². The number of sulfonamides is 1. The Morgan fingerprint density at radius 2 is 1.78 bits per heavy atom. The van der Waals surface area contributed by atoms with Crippen LogP contribution in [0, 0.1) is 5.92 Å². The Balaban J connectivity index is 2.17. The van der Waals surface area contributed by atoms with Gasteiger partial charge in [0, 0.05) is 36.6 Å². The van der Waals surface area contributed by atoms with E-state index in [1.165, 1.54) is 11.4 Å². The van der Waals surface area contributed by atoms with Crippen LogP contribution in [0.25, 0.3) is 0 Å². The fraction of sp³-hybridized carbons (Fsp3) is 0.462. The predicted octanol–water partition coefficient (Wildman–Crippen LogP) is 4.19. The van der Waals surface area contributed by atoms with E-state index < -0.39 is 16.1 Å². The molecule has 0 aliphatic rings. The molecule has 198 valence electrons. The average Bonchev–Trinajstić information content (AvgIpc) is 2.82. The molecular formula is C26H36BrN3O5S. The second kappa shape index (κ2) is 13.6. The highest BCUT2D eigenvalue weighted by molar-refractivity contribution is 9.10. The van der Waals surface area contributed by atoms with Crippen molar-refractivity contribution >= 4 is 43.5 Å². The molecule has 0 fully saturated rings. The molecule has 1 N–H and O–H groups in total. The van der Waals surface area contributed by atoms with E-state index in [1.54, 1.807) is 36.1 Å². The number of halogens is 1. The maximum Gasteiger partial charge on any atom is 0.242 e. The van der Waals surface area contributed by atoms with Crippen molar-refractivity contribution < 1.29 is 22.7 Å². The first kappa shape index (κ1) is 29.6. The molecule has 2 rings (SSSR count). The summed E-state index contributed by atoms with van der Waals surface area (Å²) in [4.78, 5) is 27.7. The Hall–Kier alpha value is -2.59. The molecule has 8 nitrogen and oxygen atoms in total. The molecule has 10 heteroatoms. The molecule has 0 radical (unpaired) electrons. The smallest absolute Gasteiger partial charge is 0.242 e. The summed E-state index contributed by atoms with van der Waals surface area (Å²) in [5.74, 6) is 0.384. The average molecular weight is 583 g/mol. The van der Waals surface area contributed by atoms with Gasteiger partial charge in [0.2, 0.25) is 21.8 Å². The number of methoxy groups -OCH3 is 1. The SMILES string of the molecule is COc1cccc(N(CCCC(=O)N(Cc2cccc(Br)c2)[C@H](C)C(=O)NCC(C)C)S(C)(=O)=O)c1. The number of nitrogens with zero attached hydrogens (tertiary/aromatic N) is 2. The fourth-order valence-electron chi connectivity index (χ4n) is 3.64. The van der Waals surface area contributed by atoms with Crippen LogP contribution < -0.4 is 14.4 Å². The number of rotatable bonds is 13. The van der Waals surface area contributed by atoms with Crippen molar-refractivity contribution in [3.8, 4) is 5.75 Å². The molecule has 36 heavy (non-hydrogen) atoms. The Labute approximate surface area is 223 Å². The highest BCUT2D eigenvalue weighted by atomic mass is 79.9. The summed E-state index contributed by atoms with van der Waals surface area (Å²) in [6, 6.07) is 13.7. The monoisotopic (exact) mass is 581 g/mol. The summed E-state index contributed by atoms with van der Waals surface area (Å²) >= 11 is 3.45. The number of hydrogen-bond acceptors (Lipinski definition) is 5. The summed E-state index contributed by atoms with van der Waals surface area (Å²) in [7, 11) is -2.06. The molecule has 2 aromatic carbocycles. The molecule has 1 atom stereocenters. The number of hydrogen-bond donors (Lipinski definition) is 1. The van der Waals surface area contributed by atoms with Crippen LogP contribution in [0.5, 0.6) is 5.75 Å². The third-order valence-electron chi connectivity index (χ3n) is 5.59. The topological polar surface area (TPSA) is 96.0 Å². The van der Waals surface area contributed by atoms with Crippen molar-refractivity contribution in [1.82, 2.24) is 10.2 Å². The van der Waals surface area contributed by atoms with Gasteiger partial charge in [0.15, 0.2) is 0 Å². The van der Waals surface area contributed by atoms with Crippen LogP contribution in [0.3, 0.4) is 0 Å². The minimum absolute atomic E-state index is 0.0891. The molecule has 0 saturated heterocycles. The van der Waals surface area contributed by atoms with E-state index in [-0.39, 0.29) is 37.2 Å². The van der Waals surface area contributed by atoms with Gasteiger partial charge in [-0.3, -0.25) is 13.9 Å². The third kappa shape index (κ3) is 9.13. The molecule has 0 unspecified atom stereocenters. The molecule has 0 spiro atoms. The molecule has 0 aliphatic heterocycles. The van der Waals surface area contributed by atoms with Crippen LogP contribution in [0.2, 0.25) is 0 Å². The number of amides is 2. The second-order valence-electron chi connectivity index (χ2n) is 9.11. The Morgan fingerprint density at radius 3 is 2.39 bits per heavy atom. The number of ether oxygens (including phenoxy) is 1. The van der Waals surface area contributed by atoms with Crippen LogP contribution in [-0.4, -0.2) is 57.6 Å². The van der Waals surface area contributed by atoms with Gasteiger partial charge >= 0.3 is 0 Å². The second-order valence-corrected chi connectivity index (χ2v) is 11.9. The normalized spacial score (nSPS) is 12.2. The van der Waals surface area contributed by atoms with Crippen molar-refractivity contribution in [3.63, 3.8) is 0 Å². The molecule has 0 aromatic heterocycles. The first-order valence-corrected chi connectivity index (χ1v) is 14.5. The Bertz CT molecular complexity index is 1140. The van der Waals surface area contributed by atoms with E-state index in [9.17, 15) is 18.0 Å². The molecule has 0 bridgehead atoms. The van der Waals surface area contributed by atoms with Gasteiger partial charge in [0.25, 0.3) is 0 Å². The van der Waals surface area contributed by atoms with E-state index in [2.05, 4.69) is 21.2 Å². The molecule has 2 amide bonds. The van der Waals surface area contributed by atoms with Crippen LogP contribution in [-0.2, 0) is 26.2 Å². The minimum atomic E-state index is -3.58. The van der Waals surface area contributed by atoms with Gasteiger partial charge in [-0.2, -0.15) is 0 Å². The van der Waals surface area contributed by atoms with Gasteiger partial charge in [-0.25, -0.2) is 8.42 Å². The lowest BCUT2D eigenvalue weighted by Crippen LogP contribution is -2.48. The standard InChI is InChI=1S/C26H36BrN3O5S/c1-19(2)17-28-26(32)20(3)29(18-21-9-6-10-22(27)15-21)25(31)13-8-14-30(36(5,33)34)23-11-7-12-24(16-23)35-4/h6-7,9-12,15-16,19-20H,8,13-14,17-18H2,1-5H3,(H,28,32)/t20-/m1/s1. The molecule has 2 aromatic rings. The van der Waals surface area contributed by atoms with E-state index >= 15 is 0 Å². The largest absolute Gasteiger partial charge is 0.497 e. The van der Waals surface area contributed by atoms with Gasteiger partial charge in [-0.1, -0.05) is 48.0 Å². The fourth-order valence-corrected chi connectivity index (χ4v) is 5.04. The zero-order chi connectivity index (χ0) is 26.9. The zero-order valence-corrected chi connectivity index (χ0v) is 23.9. The van der Waals surface area contributed by atoms with Crippen LogP contribution in [0.15, 0.2) is 53.0 Å². The first-order chi connectivity index (χ1) is 16.9. The van der Waals surface area contributed by atoms with Crippen molar-refractivity contribution in [2.24, 2.45) is 5.92 Å². The van der Waals surface area contributed by atoms with E-state index in [0.717, 1.165) is 16.3 Å².